The maximum atomic E-state index is 13.2. The molecular weight excluding hydrogens is 392 g/mol. The number of aromatic nitrogens is 3. The number of rotatable bonds is 3. The van der Waals surface area contributed by atoms with Crippen LogP contribution in [0.3, 0.4) is 0 Å². The number of carbonyl (C=O) groups excluding carboxylic acids is 1. The molecule has 0 spiro atoms. The molecule has 150 valence electrons. The Morgan fingerprint density at radius 1 is 1.23 bits per heavy atom. The number of carbonyl (C=O) groups is 1. The Kier molecular flexibility index (Phi) is 4.82. The number of hydrogen-bond donors (Lipinski definition) is 2. The molecule has 2 aromatic heterocycles. The second-order valence-electron chi connectivity index (χ2n) is 6.98. The maximum absolute atomic E-state index is 13.2. The van der Waals surface area contributed by atoms with E-state index in [0.717, 1.165) is 5.56 Å². The normalized spacial score (nSPS) is 10.5. The molecular formula is C23H16N6O2. The molecule has 0 atom stereocenters. The van der Waals surface area contributed by atoms with Crippen molar-refractivity contribution in [3.63, 3.8) is 0 Å². The Morgan fingerprint density at radius 3 is 2.65 bits per heavy atom. The molecule has 4 rings (SSSR count). The largest absolute Gasteiger partial charge is 0.359 e. The van der Waals surface area contributed by atoms with Crippen LogP contribution in [-0.2, 0) is 0 Å². The van der Waals surface area contributed by atoms with Crippen molar-refractivity contribution in [3.05, 3.63) is 92.6 Å². The lowest BCUT2D eigenvalue weighted by Gasteiger charge is -2.10. The Bertz CT molecular complexity index is 1480. The number of amides is 1. The van der Waals surface area contributed by atoms with E-state index in [1.54, 1.807) is 25.1 Å². The Hall–Kier alpha value is -4.69. The number of fused-ring (bicyclic) bond motifs is 1. The molecule has 0 aliphatic heterocycles. The zero-order valence-electron chi connectivity index (χ0n) is 16.7. The van der Waals surface area contributed by atoms with Gasteiger partial charge >= 0.3 is 0 Å². The predicted molar refractivity (Wildman–Crippen MR) is 116 cm³/mol. The van der Waals surface area contributed by atoms with Crippen LogP contribution in [0.25, 0.3) is 21.7 Å². The number of nitrogens with one attached hydrogen (secondary N) is 2. The summed E-state index contributed by atoms with van der Waals surface area (Å²) in [5.41, 5.74) is 2.18. The fraction of sp³-hybridized carbons (Fsp3) is 0.0870. The first-order valence-electron chi connectivity index (χ1n) is 9.35. The molecule has 2 N–H and O–H groups in total. The van der Waals surface area contributed by atoms with Crippen molar-refractivity contribution in [3.8, 4) is 17.3 Å². The number of nitriles is 1. The molecule has 31 heavy (non-hydrogen) atoms. The first-order valence-corrected chi connectivity index (χ1v) is 9.35. The van der Waals surface area contributed by atoms with E-state index in [2.05, 4.69) is 20.2 Å². The number of aryl methyl sites for hydroxylation is 2. The molecule has 2 aromatic carbocycles. The summed E-state index contributed by atoms with van der Waals surface area (Å²) >= 11 is 0. The average Bonchev–Trinajstić information content (AvgIpc) is 3.14. The molecule has 0 aliphatic carbocycles. The number of imidazole rings is 1. The van der Waals surface area contributed by atoms with Crippen molar-refractivity contribution in [1.82, 2.24) is 14.6 Å². The van der Waals surface area contributed by atoms with Gasteiger partial charge in [0, 0.05) is 5.69 Å². The summed E-state index contributed by atoms with van der Waals surface area (Å²) in [7, 11) is 0. The highest BCUT2D eigenvalue weighted by Gasteiger charge is 2.25. The van der Waals surface area contributed by atoms with Gasteiger partial charge < -0.3 is 10.2 Å². The summed E-state index contributed by atoms with van der Waals surface area (Å²) in [4.78, 5) is 33.7. The molecule has 8 nitrogen and oxygen atoms in total. The fourth-order valence-electron chi connectivity index (χ4n) is 3.43. The summed E-state index contributed by atoms with van der Waals surface area (Å²) < 4.78 is 1.43. The van der Waals surface area contributed by atoms with Gasteiger partial charge in [-0.3, -0.25) is 14.7 Å². The van der Waals surface area contributed by atoms with Crippen LogP contribution in [0, 0.1) is 31.8 Å². The van der Waals surface area contributed by atoms with Crippen LogP contribution < -0.4 is 10.7 Å². The molecule has 8 heteroatoms. The number of hydrogen-bond acceptors (Lipinski definition) is 4. The van der Waals surface area contributed by atoms with Gasteiger partial charge in [-0.2, -0.15) is 5.26 Å². The molecule has 0 unspecified atom stereocenters. The summed E-state index contributed by atoms with van der Waals surface area (Å²) in [6.45, 7) is 10.9. The number of benzene rings is 2. The zero-order chi connectivity index (χ0) is 22.1. The Balaban J connectivity index is 1.86. The van der Waals surface area contributed by atoms with Gasteiger partial charge in [0.2, 0.25) is 0 Å². The van der Waals surface area contributed by atoms with Crippen molar-refractivity contribution in [1.29, 1.82) is 5.26 Å². The van der Waals surface area contributed by atoms with Crippen LogP contribution in [0.5, 0.6) is 0 Å². The summed E-state index contributed by atoms with van der Waals surface area (Å²) in [5, 5.41) is 15.0. The lowest BCUT2D eigenvalue weighted by atomic mass is 10.1. The van der Waals surface area contributed by atoms with Gasteiger partial charge in [0.05, 0.1) is 11.3 Å². The number of anilines is 1. The quantitative estimate of drug-likeness (QED) is 0.500. The summed E-state index contributed by atoms with van der Waals surface area (Å²) in [6.07, 6.45) is 0. The lowest BCUT2D eigenvalue weighted by molar-refractivity contribution is 0.102. The molecule has 1 amide bonds. The molecule has 0 bridgehead atoms. The minimum Gasteiger partial charge on any atom is -0.359 e. The van der Waals surface area contributed by atoms with Gasteiger partial charge in [0.1, 0.15) is 17.3 Å². The Morgan fingerprint density at radius 2 is 1.97 bits per heavy atom. The average molecular weight is 408 g/mol. The fourth-order valence-corrected chi connectivity index (χ4v) is 3.43. The lowest BCUT2D eigenvalue weighted by Crippen LogP contribution is -2.26. The number of aromatic amines is 1. The van der Waals surface area contributed by atoms with Gasteiger partial charge in [-0.25, -0.2) is 4.52 Å². The molecule has 0 saturated heterocycles. The van der Waals surface area contributed by atoms with E-state index in [9.17, 15) is 14.9 Å². The second-order valence-corrected chi connectivity index (χ2v) is 6.98. The van der Waals surface area contributed by atoms with Crippen LogP contribution in [0.15, 0.2) is 53.3 Å². The molecule has 4 aromatic rings. The highest BCUT2D eigenvalue weighted by Crippen LogP contribution is 2.30. The molecule has 2 heterocycles. The van der Waals surface area contributed by atoms with Crippen molar-refractivity contribution in [2.24, 2.45) is 0 Å². The van der Waals surface area contributed by atoms with Gasteiger partial charge in [-0.15, -0.1) is 0 Å². The van der Waals surface area contributed by atoms with E-state index in [4.69, 9.17) is 6.57 Å². The van der Waals surface area contributed by atoms with Crippen molar-refractivity contribution < 1.29 is 4.79 Å². The van der Waals surface area contributed by atoms with Gasteiger partial charge in [-0.1, -0.05) is 48.0 Å². The van der Waals surface area contributed by atoms with Gasteiger partial charge in [0.25, 0.3) is 22.8 Å². The number of nitrogens with zero attached hydrogens (tertiary/aromatic N) is 4. The van der Waals surface area contributed by atoms with Crippen LogP contribution in [-0.4, -0.2) is 20.5 Å². The first kappa shape index (κ1) is 19.6. The van der Waals surface area contributed by atoms with E-state index < -0.39 is 11.3 Å². The molecule has 0 fully saturated rings. The number of H-pyrrole nitrogens is 1. The minimum absolute atomic E-state index is 0.0509. The Labute approximate surface area is 177 Å². The van der Waals surface area contributed by atoms with Crippen LogP contribution in [0.4, 0.5) is 11.5 Å². The van der Waals surface area contributed by atoms with Crippen LogP contribution in [0.1, 0.15) is 27.2 Å². The topological polar surface area (TPSA) is 107 Å². The van der Waals surface area contributed by atoms with E-state index >= 15 is 0 Å². The maximum Gasteiger partial charge on any atom is 0.298 e. The van der Waals surface area contributed by atoms with E-state index in [-0.39, 0.29) is 17.0 Å². The minimum atomic E-state index is -0.657. The predicted octanol–water partition coefficient (Wildman–Crippen LogP) is 3.98. The molecule has 0 saturated carbocycles. The third-order valence-corrected chi connectivity index (χ3v) is 4.87. The highest BCUT2D eigenvalue weighted by molar-refractivity contribution is 6.06. The monoisotopic (exact) mass is 408 g/mol. The third-order valence-electron chi connectivity index (χ3n) is 4.87. The standard InChI is InChI=1S/C23H16N6O2/c1-13-9-10-17(16(11-13)12-24)26-23(31)18-14(2)28-29-19(15-7-5-4-6-8-15)21(25-3)27-22(29)20(18)30/h4-11,28H,1-2H3,(H,26,31). The smallest absolute Gasteiger partial charge is 0.298 e. The van der Waals surface area contributed by atoms with Crippen molar-refractivity contribution >= 4 is 23.1 Å². The third kappa shape index (κ3) is 3.33. The van der Waals surface area contributed by atoms with Gasteiger partial charge in [0.15, 0.2) is 0 Å². The van der Waals surface area contributed by atoms with Crippen LogP contribution >= 0.6 is 0 Å². The first-order chi connectivity index (χ1) is 14.9. The molecule has 0 aliphatic rings. The van der Waals surface area contributed by atoms with Crippen molar-refractivity contribution in [2.45, 2.75) is 13.8 Å². The highest BCUT2D eigenvalue weighted by atomic mass is 16.2. The van der Waals surface area contributed by atoms with Crippen molar-refractivity contribution in [2.75, 3.05) is 5.32 Å². The molecule has 0 radical (unpaired) electrons. The van der Waals surface area contributed by atoms with E-state index in [1.807, 2.05) is 43.3 Å². The zero-order valence-corrected chi connectivity index (χ0v) is 16.7. The van der Waals surface area contributed by atoms with Gasteiger partial charge in [-0.05, 0) is 37.1 Å². The summed E-state index contributed by atoms with van der Waals surface area (Å²) in [5.74, 6) is -0.600. The van der Waals surface area contributed by atoms with E-state index in [0.29, 0.717) is 28.2 Å². The van der Waals surface area contributed by atoms with E-state index in [1.165, 1.54) is 4.52 Å². The SMILES string of the molecule is [C-]#[N+]c1nc2c(=O)c(C(=O)Nc3ccc(C)cc3C#N)c(C)[nH]n2c1-c1ccccc1. The van der Waals surface area contributed by atoms with Crippen LogP contribution in [0.2, 0.25) is 0 Å². The second kappa shape index (κ2) is 7.62. The summed E-state index contributed by atoms with van der Waals surface area (Å²) in [6, 6.07) is 16.2.